The fraction of sp³-hybridized carbons (Fsp3) is 0.667. The van der Waals surface area contributed by atoms with E-state index in [0.29, 0.717) is 24.0 Å². The topological polar surface area (TPSA) is 84.1 Å². The van der Waals surface area contributed by atoms with Gasteiger partial charge >= 0.3 is 0 Å². The van der Waals surface area contributed by atoms with E-state index in [-0.39, 0.29) is 5.91 Å². The van der Waals surface area contributed by atoms with Gasteiger partial charge in [-0.1, -0.05) is 24.7 Å². The van der Waals surface area contributed by atoms with Crippen LogP contribution in [0.25, 0.3) is 0 Å². The molecule has 1 fully saturated rings. The Morgan fingerprint density at radius 2 is 2.44 bits per heavy atom. The number of likely N-dealkylation sites (tertiary alicyclic amines) is 1. The van der Waals surface area contributed by atoms with E-state index in [0.717, 1.165) is 18.0 Å². The molecule has 1 aromatic heterocycles. The highest BCUT2D eigenvalue weighted by molar-refractivity contribution is 7.15. The highest BCUT2D eigenvalue weighted by Gasteiger charge is 2.28. The van der Waals surface area contributed by atoms with Crippen LogP contribution in [-0.4, -0.2) is 27.5 Å². The smallest absolute Gasteiger partial charge is 0.223 e. The van der Waals surface area contributed by atoms with Crippen molar-refractivity contribution < 1.29 is 4.79 Å². The normalized spacial score (nSPS) is 20.5. The first-order valence-electron chi connectivity index (χ1n) is 5.29. The van der Waals surface area contributed by atoms with E-state index < -0.39 is 0 Å². The van der Waals surface area contributed by atoms with Crippen LogP contribution in [0.2, 0.25) is 0 Å². The van der Waals surface area contributed by atoms with Crippen molar-refractivity contribution in [3.05, 3.63) is 5.01 Å². The quantitative estimate of drug-likeness (QED) is 0.595. The molecule has 0 radical (unpaired) electrons. The summed E-state index contributed by atoms with van der Waals surface area (Å²) < 4.78 is 0. The summed E-state index contributed by atoms with van der Waals surface area (Å²) in [5.41, 5.74) is 2.44. The molecule has 0 spiro atoms. The monoisotopic (exact) mass is 241 g/mol. The molecule has 6 nitrogen and oxygen atoms in total. The highest BCUT2D eigenvalue weighted by Crippen LogP contribution is 2.24. The van der Waals surface area contributed by atoms with Crippen molar-refractivity contribution in [1.29, 1.82) is 0 Å². The average molecular weight is 241 g/mol. The summed E-state index contributed by atoms with van der Waals surface area (Å²) in [5, 5.41) is 9.20. The van der Waals surface area contributed by atoms with Gasteiger partial charge in [-0.15, -0.1) is 10.2 Å². The molecule has 1 amide bonds. The van der Waals surface area contributed by atoms with Crippen LogP contribution in [-0.2, 0) is 11.3 Å². The predicted molar refractivity (Wildman–Crippen MR) is 61.5 cm³/mol. The molecule has 1 unspecified atom stereocenters. The summed E-state index contributed by atoms with van der Waals surface area (Å²) in [6, 6.07) is 0. The van der Waals surface area contributed by atoms with Gasteiger partial charge in [0.2, 0.25) is 11.0 Å². The molecule has 1 atom stereocenters. The minimum Gasteiger partial charge on any atom is -0.336 e. The molecule has 0 bridgehead atoms. The number of rotatable bonds is 4. The largest absolute Gasteiger partial charge is 0.336 e. The van der Waals surface area contributed by atoms with E-state index in [4.69, 9.17) is 5.84 Å². The molecule has 88 valence electrons. The van der Waals surface area contributed by atoms with E-state index >= 15 is 0 Å². The summed E-state index contributed by atoms with van der Waals surface area (Å²) >= 11 is 1.38. The maximum absolute atomic E-state index is 11.7. The van der Waals surface area contributed by atoms with Gasteiger partial charge in [-0.25, -0.2) is 5.84 Å². The summed E-state index contributed by atoms with van der Waals surface area (Å²) in [6.45, 7) is 3.50. The Morgan fingerprint density at radius 3 is 3.00 bits per heavy atom. The number of nitrogen functional groups attached to an aromatic ring is 1. The second kappa shape index (κ2) is 4.75. The summed E-state index contributed by atoms with van der Waals surface area (Å²) in [7, 11) is 0. The second-order valence-electron chi connectivity index (χ2n) is 3.90. The van der Waals surface area contributed by atoms with Crippen LogP contribution in [0.3, 0.4) is 0 Å². The van der Waals surface area contributed by atoms with Crippen LogP contribution in [0.15, 0.2) is 0 Å². The number of hydrazine groups is 1. The maximum Gasteiger partial charge on any atom is 0.223 e. The van der Waals surface area contributed by atoms with Gasteiger partial charge in [0.25, 0.3) is 0 Å². The number of anilines is 1. The second-order valence-corrected chi connectivity index (χ2v) is 4.96. The molecule has 3 N–H and O–H groups in total. The molecule has 2 heterocycles. The number of carbonyl (C=O) groups excluding carboxylic acids is 1. The van der Waals surface area contributed by atoms with Gasteiger partial charge in [-0.05, 0) is 5.92 Å². The van der Waals surface area contributed by atoms with Gasteiger partial charge < -0.3 is 4.90 Å². The van der Waals surface area contributed by atoms with E-state index in [1.54, 1.807) is 0 Å². The molecule has 7 heteroatoms. The van der Waals surface area contributed by atoms with Crippen molar-refractivity contribution in [2.45, 2.75) is 26.3 Å². The van der Waals surface area contributed by atoms with Gasteiger partial charge in [-0.2, -0.15) is 0 Å². The van der Waals surface area contributed by atoms with Crippen molar-refractivity contribution in [3.63, 3.8) is 0 Å². The van der Waals surface area contributed by atoms with Crippen LogP contribution in [0.5, 0.6) is 0 Å². The van der Waals surface area contributed by atoms with Crippen LogP contribution in [0, 0.1) is 5.92 Å². The number of carbonyl (C=O) groups is 1. The number of nitrogens with zero attached hydrogens (tertiary/aromatic N) is 3. The Balaban J connectivity index is 1.97. The molecular formula is C9H15N5OS. The molecule has 0 aliphatic carbocycles. The molecule has 16 heavy (non-hydrogen) atoms. The lowest BCUT2D eigenvalue weighted by molar-refractivity contribution is -0.128. The maximum atomic E-state index is 11.7. The Hall–Kier alpha value is -1.21. The predicted octanol–water partition coefficient (Wildman–Crippen LogP) is 0.582. The molecule has 2 rings (SSSR count). The van der Waals surface area contributed by atoms with Crippen molar-refractivity contribution in [2.75, 3.05) is 12.0 Å². The number of nitrogens with two attached hydrogens (primary N) is 1. The lowest BCUT2D eigenvalue weighted by atomic mass is 10.1. The Morgan fingerprint density at radius 1 is 1.62 bits per heavy atom. The van der Waals surface area contributed by atoms with Crippen LogP contribution < -0.4 is 11.3 Å². The minimum absolute atomic E-state index is 0.212. The van der Waals surface area contributed by atoms with Crippen molar-refractivity contribution >= 4 is 22.4 Å². The number of hydrogen-bond acceptors (Lipinski definition) is 6. The number of amides is 1. The zero-order valence-corrected chi connectivity index (χ0v) is 9.96. The average Bonchev–Trinajstić information content (AvgIpc) is 2.87. The zero-order valence-electron chi connectivity index (χ0n) is 9.14. The number of hydrogen-bond donors (Lipinski definition) is 2. The lowest BCUT2D eigenvalue weighted by Gasteiger charge is -2.13. The Kier molecular flexibility index (Phi) is 3.35. The van der Waals surface area contributed by atoms with Crippen molar-refractivity contribution in [1.82, 2.24) is 15.1 Å². The lowest BCUT2D eigenvalue weighted by Crippen LogP contribution is -2.24. The van der Waals surface area contributed by atoms with E-state index in [1.807, 2.05) is 4.90 Å². The third kappa shape index (κ3) is 2.30. The third-order valence-corrected chi connectivity index (χ3v) is 3.63. The summed E-state index contributed by atoms with van der Waals surface area (Å²) in [6.07, 6.45) is 1.71. The Bertz CT molecular complexity index is 380. The van der Waals surface area contributed by atoms with Gasteiger partial charge in [0.1, 0.15) is 5.01 Å². The van der Waals surface area contributed by atoms with Crippen LogP contribution >= 0.6 is 11.3 Å². The van der Waals surface area contributed by atoms with E-state index in [2.05, 4.69) is 22.5 Å². The van der Waals surface area contributed by atoms with Gasteiger partial charge in [0.05, 0.1) is 6.54 Å². The van der Waals surface area contributed by atoms with Crippen LogP contribution in [0.1, 0.15) is 24.8 Å². The molecule has 0 saturated carbocycles. The molecule has 1 aliphatic heterocycles. The Labute approximate surface area is 97.8 Å². The van der Waals surface area contributed by atoms with Crippen molar-refractivity contribution in [3.8, 4) is 0 Å². The third-order valence-electron chi connectivity index (χ3n) is 2.79. The first-order valence-corrected chi connectivity index (χ1v) is 6.11. The molecule has 1 aliphatic rings. The number of aromatic nitrogens is 2. The minimum atomic E-state index is 0.212. The van der Waals surface area contributed by atoms with Gasteiger partial charge in [0.15, 0.2) is 0 Å². The van der Waals surface area contributed by atoms with Gasteiger partial charge in [0, 0.05) is 13.0 Å². The molecular weight excluding hydrogens is 226 g/mol. The van der Waals surface area contributed by atoms with E-state index in [9.17, 15) is 4.79 Å². The van der Waals surface area contributed by atoms with Crippen molar-refractivity contribution in [2.24, 2.45) is 11.8 Å². The molecule has 0 aromatic carbocycles. The van der Waals surface area contributed by atoms with Gasteiger partial charge in [-0.3, -0.25) is 10.2 Å². The highest BCUT2D eigenvalue weighted by atomic mass is 32.1. The standard InChI is InChI=1S/C9H15N5OS/c1-2-6-3-8(15)14(4-6)5-7-12-13-9(11-10)16-7/h6H,2-5,10H2,1H3,(H,11,13). The number of nitrogens with one attached hydrogen (secondary N) is 1. The van der Waals surface area contributed by atoms with E-state index in [1.165, 1.54) is 11.3 Å². The first kappa shape index (κ1) is 11.3. The zero-order chi connectivity index (χ0) is 11.5. The first-order chi connectivity index (χ1) is 7.72. The molecule has 1 saturated heterocycles. The fourth-order valence-electron chi connectivity index (χ4n) is 1.82. The fourth-order valence-corrected chi connectivity index (χ4v) is 2.49. The SMILES string of the molecule is CCC1CC(=O)N(Cc2nnc(NN)s2)C1. The summed E-state index contributed by atoms with van der Waals surface area (Å²) in [5.74, 6) is 5.92. The molecule has 1 aromatic rings. The van der Waals surface area contributed by atoms with Crippen LogP contribution in [0.4, 0.5) is 5.13 Å². The summed E-state index contributed by atoms with van der Waals surface area (Å²) in [4.78, 5) is 13.5.